The fourth-order valence-corrected chi connectivity index (χ4v) is 4.07. The van der Waals surface area contributed by atoms with Crippen LogP contribution in [0.1, 0.15) is 50.7 Å². The molecule has 1 fully saturated rings. The molecule has 1 aliphatic carbocycles. The van der Waals surface area contributed by atoms with E-state index in [0.717, 1.165) is 34.1 Å². The summed E-state index contributed by atoms with van der Waals surface area (Å²) in [5.74, 6) is 1.13. The average molecular weight is 440 g/mol. The number of aliphatic hydroxyl groups is 1. The molecule has 3 rings (SSSR count). The van der Waals surface area contributed by atoms with Gasteiger partial charge in [-0.1, -0.05) is 40.4 Å². The van der Waals surface area contributed by atoms with Crippen molar-refractivity contribution in [3.05, 3.63) is 39.0 Å². The first-order valence-corrected chi connectivity index (χ1v) is 10.0. The number of nitrogens with one attached hydrogen (secondary N) is 2. The zero-order chi connectivity index (χ0) is 18.9. The number of hydrogen-bond acceptors (Lipinski definition) is 5. The summed E-state index contributed by atoms with van der Waals surface area (Å²) in [5.41, 5.74) is 1.68. The Labute approximate surface area is 167 Å². The molecule has 3 N–H and O–H groups in total. The van der Waals surface area contributed by atoms with Crippen LogP contribution in [-0.4, -0.2) is 21.1 Å². The van der Waals surface area contributed by atoms with Gasteiger partial charge in [-0.15, -0.1) is 0 Å². The minimum absolute atomic E-state index is 0.423. The van der Waals surface area contributed by atoms with Crippen LogP contribution in [0.2, 0.25) is 5.02 Å². The topological polar surface area (TPSA) is 70.1 Å². The fraction of sp³-hybridized carbons (Fsp3) is 0.474. The Bertz CT molecular complexity index is 801. The molecule has 0 atom stereocenters. The van der Waals surface area contributed by atoms with Gasteiger partial charge < -0.3 is 15.7 Å². The third kappa shape index (κ3) is 4.48. The lowest BCUT2D eigenvalue weighted by Gasteiger charge is -2.22. The maximum atomic E-state index is 10.4. The zero-order valence-corrected chi connectivity index (χ0v) is 17.6. The number of anilines is 3. The first-order chi connectivity index (χ1) is 12.2. The molecule has 2 aromatic rings. The summed E-state index contributed by atoms with van der Waals surface area (Å²) >= 11 is 9.81. The number of rotatable bonds is 5. The summed E-state index contributed by atoms with van der Waals surface area (Å²) in [4.78, 5) is 8.82. The fourth-order valence-electron chi connectivity index (χ4n) is 3.21. The van der Waals surface area contributed by atoms with Gasteiger partial charge in [0.05, 0.1) is 11.8 Å². The van der Waals surface area contributed by atoms with E-state index >= 15 is 0 Å². The summed E-state index contributed by atoms with van der Waals surface area (Å²) in [6, 6.07) is 4.31. The summed E-state index contributed by atoms with van der Waals surface area (Å²) < 4.78 is 0.899. The molecule has 0 spiro atoms. The number of benzene rings is 1. The molecular formula is C19H24BrClN4O. The Morgan fingerprint density at radius 3 is 2.62 bits per heavy atom. The molecule has 0 unspecified atom stereocenters. The predicted octanol–water partition coefficient (Wildman–Crippen LogP) is 5.53. The van der Waals surface area contributed by atoms with Crippen molar-refractivity contribution in [1.82, 2.24) is 9.97 Å². The predicted molar refractivity (Wildman–Crippen MR) is 110 cm³/mol. The van der Waals surface area contributed by atoms with Gasteiger partial charge in [-0.3, -0.25) is 0 Å². The third-order valence-electron chi connectivity index (χ3n) is 4.61. The van der Waals surface area contributed by atoms with Crippen LogP contribution in [0.3, 0.4) is 0 Å². The highest BCUT2D eigenvalue weighted by atomic mass is 79.9. The van der Waals surface area contributed by atoms with Crippen molar-refractivity contribution >= 4 is 45.0 Å². The first-order valence-electron chi connectivity index (χ1n) is 8.83. The van der Waals surface area contributed by atoms with E-state index in [2.05, 4.69) is 36.5 Å². The molecule has 1 aromatic heterocycles. The summed E-state index contributed by atoms with van der Waals surface area (Å²) in [6.07, 6.45) is 6.37. The average Bonchev–Trinajstić information content (AvgIpc) is 3.06. The molecule has 0 radical (unpaired) electrons. The number of aryl methyl sites for hydroxylation is 1. The Morgan fingerprint density at radius 2 is 1.96 bits per heavy atom. The van der Waals surface area contributed by atoms with Gasteiger partial charge in [-0.25, -0.2) is 4.98 Å². The Morgan fingerprint density at radius 1 is 1.27 bits per heavy atom. The van der Waals surface area contributed by atoms with Gasteiger partial charge in [0.1, 0.15) is 5.02 Å². The Balaban J connectivity index is 1.86. The van der Waals surface area contributed by atoms with E-state index in [1.54, 1.807) is 20.0 Å². The van der Waals surface area contributed by atoms with Crippen LogP contribution in [0.25, 0.3) is 0 Å². The standard InChI is InChI=1S/C19H24BrClN4O/c1-11-8-13(9-14(16(11)20)19(2,3)26)24-18-22-10-15(21)17(25-18)23-12-6-4-5-7-12/h8-10,12,26H,4-7H2,1-3H3,(H2,22,23,24,25). The van der Waals surface area contributed by atoms with Gasteiger partial charge in [0.2, 0.25) is 5.95 Å². The molecule has 1 heterocycles. The maximum absolute atomic E-state index is 10.4. The van der Waals surface area contributed by atoms with Crippen molar-refractivity contribution in [2.75, 3.05) is 10.6 Å². The van der Waals surface area contributed by atoms with Crippen molar-refractivity contribution < 1.29 is 5.11 Å². The van der Waals surface area contributed by atoms with E-state index in [4.69, 9.17) is 11.6 Å². The normalized spacial score (nSPS) is 15.3. The van der Waals surface area contributed by atoms with E-state index in [0.29, 0.717) is 22.8 Å². The molecule has 26 heavy (non-hydrogen) atoms. The molecule has 1 aliphatic rings. The van der Waals surface area contributed by atoms with Gasteiger partial charge in [-0.2, -0.15) is 4.98 Å². The van der Waals surface area contributed by atoms with Crippen LogP contribution in [0.5, 0.6) is 0 Å². The molecule has 7 heteroatoms. The molecule has 0 bridgehead atoms. The van der Waals surface area contributed by atoms with Crippen LogP contribution in [0.4, 0.5) is 17.5 Å². The van der Waals surface area contributed by atoms with Gasteiger partial charge in [0, 0.05) is 16.2 Å². The number of hydrogen-bond donors (Lipinski definition) is 3. The zero-order valence-electron chi connectivity index (χ0n) is 15.2. The Hall–Kier alpha value is -1.37. The monoisotopic (exact) mass is 438 g/mol. The van der Waals surface area contributed by atoms with E-state index < -0.39 is 5.60 Å². The lowest BCUT2D eigenvalue weighted by molar-refractivity contribution is 0.0778. The van der Waals surface area contributed by atoms with Crippen LogP contribution in [0, 0.1) is 6.92 Å². The quantitative estimate of drug-likeness (QED) is 0.571. The lowest BCUT2D eigenvalue weighted by atomic mass is 9.96. The first kappa shape index (κ1) is 19.4. The molecule has 1 aromatic carbocycles. The smallest absolute Gasteiger partial charge is 0.229 e. The van der Waals surface area contributed by atoms with E-state index in [9.17, 15) is 5.11 Å². The minimum atomic E-state index is -0.961. The minimum Gasteiger partial charge on any atom is -0.386 e. The molecule has 0 saturated heterocycles. The highest BCUT2D eigenvalue weighted by Crippen LogP contribution is 2.34. The molecule has 140 valence electrons. The van der Waals surface area contributed by atoms with Gasteiger partial charge in [0.15, 0.2) is 5.82 Å². The van der Waals surface area contributed by atoms with Crippen molar-refractivity contribution in [3.63, 3.8) is 0 Å². The van der Waals surface area contributed by atoms with Crippen molar-refractivity contribution in [1.29, 1.82) is 0 Å². The molecule has 5 nitrogen and oxygen atoms in total. The SMILES string of the molecule is Cc1cc(Nc2ncc(Cl)c(NC3CCCC3)n2)cc(C(C)(C)O)c1Br. The summed E-state index contributed by atoms with van der Waals surface area (Å²) in [5, 5.41) is 17.6. The highest BCUT2D eigenvalue weighted by Gasteiger charge is 2.22. The van der Waals surface area contributed by atoms with Gasteiger partial charge in [-0.05, 0) is 56.9 Å². The van der Waals surface area contributed by atoms with Crippen LogP contribution in [-0.2, 0) is 5.60 Å². The highest BCUT2D eigenvalue weighted by molar-refractivity contribution is 9.10. The van der Waals surface area contributed by atoms with Crippen LogP contribution in [0.15, 0.2) is 22.8 Å². The second kappa shape index (κ2) is 7.71. The largest absolute Gasteiger partial charge is 0.386 e. The summed E-state index contributed by atoms with van der Waals surface area (Å²) in [6.45, 7) is 5.51. The van der Waals surface area contributed by atoms with E-state index in [-0.39, 0.29) is 0 Å². The van der Waals surface area contributed by atoms with Crippen LogP contribution < -0.4 is 10.6 Å². The van der Waals surface area contributed by atoms with E-state index in [1.165, 1.54) is 12.8 Å². The molecule has 1 saturated carbocycles. The van der Waals surface area contributed by atoms with Crippen molar-refractivity contribution in [2.24, 2.45) is 0 Å². The molecule has 0 aliphatic heterocycles. The van der Waals surface area contributed by atoms with Crippen molar-refractivity contribution in [2.45, 2.75) is 58.1 Å². The molecule has 0 amide bonds. The second-order valence-electron chi connectivity index (χ2n) is 7.35. The van der Waals surface area contributed by atoms with Crippen molar-refractivity contribution in [3.8, 4) is 0 Å². The Kier molecular flexibility index (Phi) is 5.75. The lowest BCUT2D eigenvalue weighted by Crippen LogP contribution is -2.17. The molecular weight excluding hydrogens is 416 g/mol. The number of aromatic nitrogens is 2. The third-order valence-corrected chi connectivity index (χ3v) is 5.94. The van der Waals surface area contributed by atoms with Gasteiger partial charge >= 0.3 is 0 Å². The van der Waals surface area contributed by atoms with Crippen LogP contribution >= 0.6 is 27.5 Å². The number of nitrogens with zero attached hydrogens (tertiary/aromatic N) is 2. The summed E-state index contributed by atoms with van der Waals surface area (Å²) in [7, 11) is 0. The second-order valence-corrected chi connectivity index (χ2v) is 8.55. The maximum Gasteiger partial charge on any atom is 0.229 e. The number of halogens is 2. The van der Waals surface area contributed by atoms with E-state index in [1.807, 2.05) is 19.1 Å². The van der Waals surface area contributed by atoms with Gasteiger partial charge in [0.25, 0.3) is 0 Å².